The number of hydrogen-bond acceptors (Lipinski definition) is 1. The fourth-order valence-corrected chi connectivity index (χ4v) is 0. The zero-order valence-electron chi connectivity index (χ0n) is 1.86. The van der Waals surface area contributed by atoms with Crippen LogP contribution in [-0.2, 0) is 3.08 Å². The average Bonchev–Trinajstić information content (AvgIpc) is 1.00. The minimum absolute atomic E-state index is 0. The van der Waals surface area contributed by atoms with Crippen molar-refractivity contribution < 1.29 is 7.78 Å². The first kappa shape index (κ1) is 18.2. The summed E-state index contributed by atoms with van der Waals surface area (Å²) in [7, 11) is 0. The molecule has 0 rings (SSSR count). The molecule has 0 bridgehead atoms. The Labute approximate surface area is 55.8 Å². The Morgan fingerprint density at radius 2 is 1.25 bits per heavy atom. The van der Waals surface area contributed by atoms with Crippen molar-refractivity contribution in [2.24, 2.45) is 0 Å². The molecule has 6 radical (unpaired) electrons. The third kappa shape index (κ3) is 10.00. The molecule has 0 unspecified atom stereocenters. The Balaban J connectivity index is -0.00000000500. The van der Waals surface area contributed by atoms with Gasteiger partial charge in [-0.25, -0.2) is 0 Å². The molecule has 0 heterocycles. The SMILES string of the molecule is [F].[In].[O]=[Sn]. The van der Waals surface area contributed by atoms with Gasteiger partial charge in [-0.1, -0.05) is 0 Å². The van der Waals surface area contributed by atoms with Crippen molar-refractivity contribution in [3.05, 3.63) is 0 Å². The molecule has 0 aromatic rings. The van der Waals surface area contributed by atoms with Crippen LogP contribution in [0.15, 0.2) is 0 Å². The molecular weight excluding hydrogens is 269 g/mol. The fraction of sp³-hybridized carbons (Fsp3) is 0. The molecule has 1 nitrogen and oxygen atoms in total. The Morgan fingerprint density at radius 1 is 1.25 bits per heavy atom. The third-order valence-corrected chi connectivity index (χ3v) is 0. The third-order valence-electron chi connectivity index (χ3n) is 0. The summed E-state index contributed by atoms with van der Waals surface area (Å²) in [4.78, 5) is 0. The summed E-state index contributed by atoms with van der Waals surface area (Å²) in [6, 6.07) is 0. The topological polar surface area (TPSA) is 17.1 Å². The first-order chi connectivity index (χ1) is 1.00. The number of rotatable bonds is 0. The van der Waals surface area contributed by atoms with Crippen LogP contribution in [0.25, 0.3) is 0 Å². The van der Waals surface area contributed by atoms with E-state index in [2.05, 4.69) is 0 Å². The summed E-state index contributed by atoms with van der Waals surface area (Å²) >= 11 is 0.300. The molecule has 0 aliphatic rings. The van der Waals surface area contributed by atoms with E-state index < -0.39 is 0 Å². The van der Waals surface area contributed by atoms with Crippen molar-refractivity contribution in [2.45, 2.75) is 0 Å². The van der Waals surface area contributed by atoms with E-state index in [1.807, 2.05) is 0 Å². The Bertz CT molecular complexity index is 8.00. The molecule has 0 aliphatic heterocycles. The molecule has 0 spiro atoms. The van der Waals surface area contributed by atoms with E-state index in [1.54, 1.807) is 0 Å². The first-order valence-electron chi connectivity index (χ1n) is 0.204. The summed E-state index contributed by atoms with van der Waals surface area (Å²) in [5, 5.41) is 0. The Kier molecular flexibility index (Phi) is 118. The predicted octanol–water partition coefficient (Wildman–Crippen LogP) is -0.460. The van der Waals surface area contributed by atoms with E-state index in [1.165, 1.54) is 0 Å². The van der Waals surface area contributed by atoms with Gasteiger partial charge in [0.15, 0.2) is 0 Å². The van der Waals surface area contributed by atoms with Gasteiger partial charge in [-0.15, -0.1) is 0 Å². The van der Waals surface area contributed by atoms with E-state index in [0.717, 1.165) is 0 Å². The summed E-state index contributed by atoms with van der Waals surface area (Å²) in [6.45, 7) is 0. The van der Waals surface area contributed by atoms with Gasteiger partial charge in [-0.2, -0.15) is 0 Å². The summed E-state index contributed by atoms with van der Waals surface area (Å²) in [5.41, 5.74) is 0. The second kappa shape index (κ2) is 26.0. The molecule has 0 saturated heterocycles. The molecule has 0 N–H and O–H groups in total. The van der Waals surface area contributed by atoms with Crippen LogP contribution in [0, 0.1) is 0 Å². The maximum absolute atomic E-state index is 8.34. The van der Waals surface area contributed by atoms with E-state index in [0.29, 0.717) is 22.5 Å². The van der Waals surface area contributed by atoms with Crippen LogP contribution >= 0.6 is 0 Å². The zero-order valence-corrected chi connectivity index (χ0v) is 8.01. The van der Waals surface area contributed by atoms with E-state index in [-0.39, 0.29) is 30.5 Å². The van der Waals surface area contributed by atoms with Crippen LogP contribution in [0.1, 0.15) is 0 Å². The summed E-state index contributed by atoms with van der Waals surface area (Å²) in [5.74, 6) is 0. The van der Waals surface area contributed by atoms with Gasteiger partial charge in [0.25, 0.3) is 0 Å². The van der Waals surface area contributed by atoms with E-state index in [4.69, 9.17) is 3.08 Å². The second-order valence-electron chi connectivity index (χ2n) is 0. The fourth-order valence-electron chi connectivity index (χ4n) is 0. The summed E-state index contributed by atoms with van der Waals surface area (Å²) < 4.78 is 8.34. The number of halogens is 1. The van der Waals surface area contributed by atoms with Gasteiger partial charge in [0, 0.05) is 30.5 Å². The van der Waals surface area contributed by atoms with Gasteiger partial charge in [-0.05, 0) is 0 Å². The van der Waals surface area contributed by atoms with Crippen molar-refractivity contribution in [3.63, 3.8) is 0 Å². The van der Waals surface area contributed by atoms with Gasteiger partial charge in [0.1, 0.15) is 0 Å². The van der Waals surface area contributed by atoms with Crippen molar-refractivity contribution in [1.29, 1.82) is 0 Å². The van der Waals surface area contributed by atoms with Crippen LogP contribution in [0.2, 0.25) is 0 Å². The van der Waals surface area contributed by atoms with Gasteiger partial charge in [-0.3, -0.25) is 0 Å². The van der Waals surface area contributed by atoms with E-state index >= 15 is 0 Å². The van der Waals surface area contributed by atoms with Gasteiger partial charge < -0.3 is 0 Å². The molecular formula is FInOSn. The Hall–Kier alpha value is 1.40. The van der Waals surface area contributed by atoms with Gasteiger partial charge >= 0.3 is 25.6 Å². The predicted molar refractivity (Wildman–Crippen MR) is 13.3 cm³/mol. The zero-order chi connectivity index (χ0) is 2.00. The van der Waals surface area contributed by atoms with Crippen molar-refractivity contribution in [1.82, 2.24) is 0 Å². The quantitative estimate of drug-likeness (QED) is 0.544. The standard InChI is InChI=1S/F.In.O.Sn. The van der Waals surface area contributed by atoms with Crippen molar-refractivity contribution >= 4 is 48.4 Å². The normalized spacial score (nSPS) is 1.00. The molecule has 0 aromatic carbocycles. The first-order valence-corrected chi connectivity index (χ1v) is 1.37. The molecule has 0 atom stereocenters. The molecule has 0 amide bonds. The van der Waals surface area contributed by atoms with Gasteiger partial charge in [0.05, 0.1) is 0 Å². The molecule has 0 fully saturated rings. The summed E-state index contributed by atoms with van der Waals surface area (Å²) in [6.07, 6.45) is 0. The number of hydrogen-bond donors (Lipinski definition) is 0. The van der Waals surface area contributed by atoms with Crippen LogP contribution in [-0.4, -0.2) is 48.4 Å². The average molecular weight is 269 g/mol. The molecule has 4 heavy (non-hydrogen) atoms. The van der Waals surface area contributed by atoms with E-state index in [9.17, 15) is 0 Å². The van der Waals surface area contributed by atoms with Crippen LogP contribution < -0.4 is 0 Å². The molecule has 0 aromatic heterocycles. The van der Waals surface area contributed by atoms with Crippen LogP contribution in [0.5, 0.6) is 0 Å². The van der Waals surface area contributed by atoms with Crippen molar-refractivity contribution in [2.75, 3.05) is 0 Å². The molecule has 20 valence electrons. The maximum atomic E-state index is 8.34. The minimum atomic E-state index is 0. The second-order valence-corrected chi connectivity index (χ2v) is 0. The van der Waals surface area contributed by atoms with Gasteiger partial charge in [0.2, 0.25) is 0 Å². The van der Waals surface area contributed by atoms with Crippen molar-refractivity contribution in [3.8, 4) is 0 Å². The molecule has 4 heteroatoms. The monoisotopic (exact) mass is 270 g/mol. The van der Waals surface area contributed by atoms with Crippen LogP contribution in [0.4, 0.5) is 4.70 Å². The molecule has 0 aliphatic carbocycles. The van der Waals surface area contributed by atoms with Crippen LogP contribution in [0.3, 0.4) is 0 Å². The Morgan fingerprint density at radius 3 is 1.25 bits per heavy atom. The molecule has 0 saturated carbocycles.